The lowest BCUT2D eigenvalue weighted by molar-refractivity contribution is 0.881. The maximum atomic E-state index is 5.57. The normalized spacial score (nSPS) is 11.1. The van der Waals surface area contributed by atoms with Gasteiger partial charge in [0.05, 0.1) is 13.9 Å². The van der Waals surface area contributed by atoms with Crippen LogP contribution >= 0.6 is 49.7 Å². The Morgan fingerprint density at radius 3 is 1.56 bits per heavy atom. The third-order valence-corrected chi connectivity index (χ3v) is 2.67. The molecule has 0 spiro atoms. The van der Waals surface area contributed by atoms with Crippen LogP contribution in [0.25, 0.3) is 0 Å². The molecule has 0 heterocycles. The third kappa shape index (κ3) is 2.51. The van der Waals surface area contributed by atoms with Gasteiger partial charge in [-0.15, -0.1) is 25.3 Å². The van der Waals surface area contributed by atoms with E-state index >= 15 is 0 Å². The van der Waals surface area contributed by atoms with E-state index in [9.17, 15) is 0 Å². The largest absolute Gasteiger partial charge is 0.316 e. The fourth-order valence-corrected chi connectivity index (χ4v) is 0.823. The zero-order valence-electron chi connectivity index (χ0n) is 4.79. The molecular weight excluding hydrogens is 190 g/mol. The molecule has 0 amide bonds. The monoisotopic (exact) mass is 197 g/mol. The summed E-state index contributed by atoms with van der Waals surface area (Å²) >= 11 is 17.2. The van der Waals surface area contributed by atoms with E-state index in [0.717, 1.165) is 0 Å². The summed E-state index contributed by atoms with van der Waals surface area (Å²) in [6.07, 6.45) is 0. The van der Waals surface area contributed by atoms with E-state index in [2.05, 4.69) is 25.3 Å². The second kappa shape index (κ2) is 3.30. The van der Waals surface area contributed by atoms with Crippen molar-refractivity contribution in [1.82, 2.24) is 0 Å². The first-order valence-electron chi connectivity index (χ1n) is 2.14. The summed E-state index contributed by atoms with van der Waals surface area (Å²) in [7, 11) is 0. The molecular formula is C4H7NS4. The molecule has 2 N–H and O–H groups in total. The van der Waals surface area contributed by atoms with Crippen molar-refractivity contribution >= 4 is 58.1 Å². The molecule has 0 bridgehead atoms. The van der Waals surface area contributed by atoms with Crippen LogP contribution in [0.5, 0.6) is 0 Å². The molecule has 5 heteroatoms. The fourth-order valence-electron chi connectivity index (χ4n) is 0.0915. The van der Waals surface area contributed by atoms with Gasteiger partial charge in [0.25, 0.3) is 0 Å². The first kappa shape index (κ1) is 9.84. The zero-order chi connectivity index (χ0) is 7.65. The summed E-state index contributed by atoms with van der Waals surface area (Å²) in [5.41, 5.74) is 4.76. The lowest BCUT2D eigenvalue weighted by Crippen LogP contribution is -2.46. The van der Waals surface area contributed by atoms with Crippen LogP contribution in [0.1, 0.15) is 6.92 Å². The van der Waals surface area contributed by atoms with Crippen LogP contribution < -0.4 is 5.73 Å². The Balaban J connectivity index is 4.38. The molecule has 52 valence electrons. The Kier molecular flexibility index (Phi) is 3.60. The molecule has 0 aromatic heterocycles. The van der Waals surface area contributed by atoms with Gasteiger partial charge in [0.1, 0.15) is 0 Å². The van der Waals surface area contributed by atoms with E-state index < -0.39 is 5.54 Å². The molecule has 0 atom stereocenters. The topological polar surface area (TPSA) is 26.0 Å². The molecule has 0 aliphatic heterocycles. The van der Waals surface area contributed by atoms with Crippen molar-refractivity contribution in [3.05, 3.63) is 0 Å². The van der Waals surface area contributed by atoms with Gasteiger partial charge in [-0.05, 0) is 6.92 Å². The Labute approximate surface area is 76.2 Å². The quantitative estimate of drug-likeness (QED) is 0.459. The molecule has 0 aliphatic carbocycles. The Morgan fingerprint density at radius 2 is 1.56 bits per heavy atom. The second-order valence-corrected chi connectivity index (χ2v) is 4.13. The standard InChI is InChI=1S/C4H7NS4/c1-4(5,2(6)7)3(8)9/h5H2,1H3,(H,6,7)(H,8,9). The lowest BCUT2D eigenvalue weighted by atomic mass is 10.1. The molecule has 1 nitrogen and oxygen atoms in total. The van der Waals surface area contributed by atoms with Crippen LogP contribution in [0.15, 0.2) is 0 Å². The van der Waals surface area contributed by atoms with E-state index in [1.54, 1.807) is 6.92 Å². The summed E-state index contributed by atoms with van der Waals surface area (Å²) in [6, 6.07) is 0. The molecule has 0 aromatic rings. The minimum Gasteiger partial charge on any atom is -0.316 e. The second-order valence-electron chi connectivity index (χ2n) is 1.81. The number of rotatable bonds is 2. The zero-order valence-corrected chi connectivity index (χ0v) is 8.21. The smallest absolute Gasteiger partial charge is 0.0957 e. The van der Waals surface area contributed by atoms with Crippen LogP contribution in [-0.4, -0.2) is 13.9 Å². The number of nitrogens with two attached hydrogens (primary N) is 1. The van der Waals surface area contributed by atoms with Gasteiger partial charge in [0, 0.05) is 0 Å². The van der Waals surface area contributed by atoms with Crippen molar-refractivity contribution in [2.45, 2.75) is 12.5 Å². The van der Waals surface area contributed by atoms with Crippen molar-refractivity contribution in [1.29, 1.82) is 0 Å². The highest BCUT2D eigenvalue weighted by Gasteiger charge is 2.24. The van der Waals surface area contributed by atoms with Gasteiger partial charge >= 0.3 is 0 Å². The van der Waals surface area contributed by atoms with E-state index in [1.807, 2.05) is 0 Å². The van der Waals surface area contributed by atoms with Crippen LogP contribution in [0.4, 0.5) is 0 Å². The van der Waals surface area contributed by atoms with Gasteiger partial charge in [-0.3, -0.25) is 0 Å². The highest BCUT2D eigenvalue weighted by molar-refractivity contribution is 8.14. The number of thiol groups is 2. The van der Waals surface area contributed by atoms with Crippen LogP contribution in [-0.2, 0) is 0 Å². The van der Waals surface area contributed by atoms with Gasteiger partial charge in [-0.1, -0.05) is 24.4 Å². The maximum absolute atomic E-state index is 5.57. The van der Waals surface area contributed by atoms with Crippen LogP contribution in [0.2, 0.25) is 0 Å². The summed E-state index contributed by atoms with van der Waals surface area (Å²) in [5, 5.41) is 0. The Hall–Kier alpha value is 0.840. The van der Waals surface area contributed by atoms with E-state index in [1.165, 1.54) is 0 Å². The SMILES string of the molecule is CC(N)(C(=S)S)C(=S)S. The van der Waals surface area contributed by atoms with Crippen molar-refractivity contribution in [3.63, 3.8) is 0 Å². The molecule has 0 aliphatic rings. The average Bonchev–Trinajstić information content (AvgIpc) is 1.65. The summed E-state index contributed by atoms with van der Waals surface area (Å²) < 4.78 is 0.727. The molecule has 0 radical (unpaired) electrons. The van der Waals surface area contributed by atoms with Crippen LogP contribution in [0, 0.1) is 0 Å². The molecule has 0 fully saturated rings. The third-order valence-electron chi connectivity index (χ3n) is 0.889. The molecule has 9 heavy (non-hydrogen) atoms. The molecule has 0 saturated heterocycles. The van der Waals surface area contributed by atoms with E-state index in [-0.39, 0.29) is 0 Å². The van der Waals surface area contributed by atoms with Gasteiger partial charge in [0.2, 0.25) is 0 Å². The summed E-state index contributed by atoms with van der Waals surface area (Å²) in [4.78, 5) is 0. The fraction of sp³-hybridized carbons (Fsp3) is 0.500. The number of thiocarbonyl (C=S) groups is 2. The van der Waals surface area contributed by atoms with Crippen molar-refractivity contribution in [2.75, 3.05) is 0 Å². The first-order valence-corrected chi connectivity index (χ1v) is 3.86. The molecule has 0 unspecified atom stereocenters. The van der Waals surface area contributed by atoms with E-state index in [4.69, 9.17) is 30.2 Å². The predicted octanol–water partition coefficient (Wildman–Crippen LogP) is 1.22. The number of hydrogen-bond donors (Lipinski definition) is 3. The highest BCUT2D eigenvalue weighted by atomic mass is 32.1. The minimum atomic E-state index is -0.809. The first-order chi connectivity index (χ1) is 3.89. The lowest BCUT2D eigenvalue weighted by Gasteiger charge is -2.19. The molecule has 0 saturated carbocycles. The van der Waals surface area contributed by atoms with Gasteiger partial charge in [-0.2, -0.15) is 0 Å². The van der Waals surface area contributed by atoms with Crippen molar-refractivity contribution in [3.8, 4) is 0 Å². The molecule has 0 aromatic carbocycles. The minimum absolute atomic E-state index is 0.363. The average molecular weight is 197 g/mol. The highest BCUT2D eigenvalue weighted by Crippen LogP contribution is 2.11. The summed E-state index contributed by atoms with van der Waals surface area (Å²) in [6.45, 7) is 1.68. The number of hydrogen-bond acceptors (Lipinski definition) is 3. The van der Waals surface area contributed by atoms with Crippen molar-refractivity contribution in [2.24, 2.45) is 5.73 Å². The van der Waals surface area contributed by atoms with Crippen LogP contribution in [0.3, 0.4) is 0 Å². The molecule has 0 rings (SSSR count). The van der Waals surface area contributed by atoms with Gasteiger partial charge in [-0.25, -0.2) is 0 Å². The predicted molar refractivity (Wildman–Crippen MR) is 55.8 cm³/mol. The Bertz CT molecular complexity index is 135. The van der Waals surface area contributed by atoms with Gasteiger partial charge < -0.3 is 5.73 Å². The van der Waals surface area contributed by atoms with Crippen molar-refractivity contribution < 1.29 is 0 Å². The van der Waals surface area contributed by atoms with E-state index in [0.29, 0.717) is 8.39 Å². The summed E-state index contributed by atoms with van der Waals surface area (Å²) in [5.74, 6) is 0. The maximum Gasteiger partial charge on any atom is 0.0957 e. The van der Waals surface area contributed by atoms with Gasteiger partial charge in [0.15, 0.2) is 0 Å². The Morgan fingerprint density at radius 1 is 1.33 bits per heavy atom.